The molecule has 0 spiro atoms. The van der Waals surface area contributed by atoms with E-state index in [-0.39, 0.29) is 11.9 Å². The minimum absolute atomic E-state index is 0.0398. The molecule has 1 aromatic heterocycles. The second-order valence-corrected chi connectivity index (χ2v) is 6.85. The number of urea groups is 1. The number of aryl methyl sites for hydroxylation is 1. The minimum Gasteiger partial charge on any atom is -0.332 e. The molecule has 1 aliphatic heterocycles. The molecule has 3 rings (SSSR count). The smallest absolute Gasteiger partial charge is 0.325 e. The van der Waals surface area contributed by atoms with E-state index in [0.29, 0.717) is 17.4 Å². The molecular weight excluding hydrogens is 324 g/mol. The third kappa shape index (κ3) is 3.41. The van der Waals surface area contributed by atoms with E-state index >= 15 is 0 Å². The number of unbranched alkanes of at least 4 members (excludes halogenated alkanes) is 1. The molecule has 1 aromatic carbocycles. The van der Waals surface area contributed by atoms with Crippen LogP contribution in [0.4, 0.5) is 15.6 Å². The molecule has 0 aliphatic carbocycles. The number of amides is 3. The van der Waals surface area contributed by atoms with Crippen LogP contribution in [0.1, 0.15) is 40.7 Å². The maximum atomic E-state index is 12.3. The van der Waals surface area contributed by atoms with E-state index in [2.05, 4.69) is 22.5 Å². The van der Waals surface area contributed by atoms with Gasteiger partial charge in [-0.2, -0.15) is 0 Å². The van der Waals surface area contributed by atoms with E-state index < -0.39 is 0 Å². The number of aromatic nitrogens is 1. The highest BCUT2D eigenvalue weighted by atomic mass is 32.1. The zero-order valence-electron chi connectivity index (χ0n) is 13.8. The zero-order chi connectivity index (χ0) is 17.1. The summed E-state index contributed by atoms with van der Waals surface area (Å²) in [6.45, 7) is 5.38. The number of hydrogen-bond acceptors (Lipinski definition) is 4. The van der Waals surface area contributed by atoms with Crippen molar-refractivity contribution in [1.29, 1.82) is 0 Å². The lowest BCUT2D eigenvalue weighted by Crippen LogP contribution is -2.25. The predicted octanol–water partition coefficient (Wildman–Crippen LogP) is 3.85. The number of rotatable bonds is 5. The monoisotopic (exact) mass is 344 g/mol. The topological polar surface area (TPSA) is 74.3 Å². The maximum Gasteiger partial charge on any atom is 0.325 e. The number of carbonyl (C=O) groups is 2. The molecule has 0 saturated heterocycles. The number of hydrogen-bond donors (Lipinski definition) is 2. The molecule has 0 atom stereocenters. The van der Waals surface area contributed by atoms with Gasteiger partial charge < -0.3 is 10.2 Å². The fourth-order valence-electron chi connectivity index (χ4n) is 2.57. The second-order valence-electron chi connectivity index (χ2n) is 5.77. The fraction of sp³-hybridized carbons (Fsp3) is 0.353. The Kier molecular flexibility index (Phi) is 4.80. The summed E-state index contributed by atoms with van der Waals surface area (Å²) in [6.07, 6.45) is 2.04. The minimum atomic E-state index is -0.355. The van der Waals surface area contributed by atoms with Crippen molar-refractivity contribution in [3.63, 3.8) is 0 Å². The van der Waals surface area contributed by atoms with Gasteiger partial charge in [-0.15, -0.1) is 0 Å². The molecule has 2 aromatic rings. The standard InChI is InChI=1S/C17H20N4O2S/c1-3-4-9-21-10-13-14(15(21)22)19-17(24-13)20-16(23)18-12-8-6-5-7-11(12)2/h5-8H,3-4,9-10H2,1-2H3,(H2,18,19,20,23). The van der Waals surface area contributed by atoms with E-state index in [1.54, 1.807) is 0 Å². The Bertz CT molecular complexity index is 772. The van der Waals surface area contributed by atoms with Gasteiger partial charge in [-0.3, -0.25) is 10.1 Å². The number of benzene rings is 1. The highest BCUT2D eigenvalue weighted by Gasteiger charge is 2.31. The molecule has 0 fully saturated rings. The first-order valence-electron chi connectivity index (χ1n) is 8.01. The van der Waals surface area contributed by atoms with Gasteiger partial charge >= 0.3 is 6.03 Å². The molecule has 0 saturated carbocycles. The van der Waals surface area contributed by atoms with Crippen molar-refractivity contribution in [2.45, 2.75) is 33.2 Å². The van der Waals surface area contributed by atoms with Gasteiger partial charge in [-0.05, 0) is 25.0 Å². The van der Waals surface area contributed by atoms with Crippen molar-refractivity contribution in [1.82, 2.24) is 9.88 Å². The van der Waals surface area contributed by atoms with Gasteiger partial charge in [0.25, 0.3) is 5.91 Å². The second kappa shape index (κ2) is 7.00. The van der Waals surface area contributed by atoms with E-state index in [9.17, 15) is 9.59 Å². The molecule has 24 heavy (non-hydrogen) atoms. The van der Waals surface area contributed by atoms with Gasteiger partial charge in [0.15, 0.2) is 5.13 Å². The highest BCUT2D eigenvalue weighted by molar-refractivity contribution is 7.16. The molecular formula is C17H20N4O2S. The van der Waals surface area contributed by atoms with E-state index in [1.165, 1.54) is 11.3 Å². The molecule has 6 nitrogen and oxygen atoms in total. The van der Waals surface area contributed by atoms with Crippen LogP contribution in [0.5, 0.6) is 0 Å². The lowest BCUT2D eigenvalue weighted by Gasteiger charge is -2.14. The third-order valence-electron chi connectivity index (χ3n) is 3.92. The molecule has 2 heterocycles. The van der Waals surface area contributed by atoms with Crippen molar-refractivity contribution >= 4 is 34.1 Å². The SMILES string of the molecule is CCCCN1Cc2sc(NC(=O)Nc3ccccc3C)nc2C1=O. The van der Waals surface area contributed by atoms with Crippen LogP contribution in [0.15, 0.2) is 24.3 Å². The van der Waals surface area contributed by atoms with Crippen LogP contribution in [0.2, 0.25) is 0 Å². The van der Waals surface area contributed by atoms with Gasteiger partial charge in [0.2, 0.25) is 0 Å². The summed E-state index contributed by atoms with van der Waals surface area (Å²) in [5, 5.41) is 5.96. The molecule has 0 radical (unpaired) electrons. The molecule has 0 unspecified atom stereocenters. The largest absolute Gasteiger partial charge is 0.332 e. The first kappa shape index (κ1) is 16.4. The summed E-state index contributed by atoms with van der Waals surface area (Å²) in [4.78, 5) is 31.4. The van der Waals surface area contributed by atoms with Gasteiger partial charge in [0, 0.05) is 12.2 Å². The number of para-hydroxylation sites is 1. The summed E-state index contributed by atoms with van der Waals surface area (Å²) >= 11 is 1.36. The molecule has 0 bridgehead atoms. The number of anilines is 2. The maximum absolute atomic E-state index is 12.3. The summed E-state index contributed by atoms with van der Waals surface area (Å²) in [7, 11) is 0. The summed E-state index contributed by atoms with van der Waals surface area (Å²) in [5.74, 6) is -0.0398. The van der Waals surface area contributed by atoms with Crippen molar-refractivity contribution in [3.05, 3.63) is 40.4 Å². The van der Waals surface area contributed by atoms with Crippen LogP contribution < -0.4 is 10.6 Å². The van der Waals surface area contributed by atoms with Crippen LogP contribution >= 0.6 is 11.3 Å². The fourth-order valence-corrected chi connectivity index (χ4v) is 3.53. The van der Waals surface area contributed by atoms with Crippen LogP contribution in [-0.2, 0) is 6.54 Å². The number of fused-ring (bicyclic) bond motifs is 1. The summed E-state index contributed by atoms with van der Waals surface area (Å²) in [5.41, 5.74) is 2.21. The van der Waals surface area contributed by atoms with Crippen LogP contribution in [-0.4, -0.2) is 28.4 Å². The summed E-state index contributed by atoms with van der Waals surface area (Å²) < 4.78 is 0. The Morgan fingerprint density at radius 2 is 2.12 bits per heavy atom. The molecule has 126 valence electrons. The van der Waals surface area contributed by atoms with Crippen molar-refractivity contribution < 1.29 is 9.59 Å². The Hall–Kier alpha value is -2.41. The van der Waals surface area contributed by atoms with E-state index in [4.69, 9.17) is 0 Å². The molecule has 7 heteroatoms. The Morgan fingerprint density at radius 1 is 1.33 bits per heavy atom. The van der Waals surface area contributed by atoms with Crippen molar-refractivity contribution in [3.8, 4) is 0 Å². The van der Waals surface area contributed by atoms with Crippen LogP contribution in [0, 0.1) is 6.92 Å². The average Bonchev–Trinajstić information content (AvgIpc) is 3.06. The van der Waals surface area contributed by atoms with Gasteiger partial charge in [0.1, 0.15) is 5.69 Å². The Balaban J connectivity index is 1.63. The first-order valence-corrected chi connectivity index (χ1v) is 8.82. The Labute approximate surface area is 144 Å². The number of carbonyl (C=O) groups excluding carboxylic acids is 2. The van der Waals surface area contributed by atoms with Crippen LogP contribution in [0.3, 0.4) is 0 Å². The molecule has 3 amide bonds. The Morgan fingerprint density at radius 3 is 2.83 bits per heavy atom. The molecule has 1 aliphatic rings. The lowest BCUT2D eigenvalue weighted by molar-refractivity contribution is 0.0772. The lowest BCUT2D eigenvalue weighted by atomic mass is 10.2. The number of nitrogens with one attached hydrogen (secondary N) is 2. The van der Waals surface area contributed by atoms with Crippen molar-refractivity contribution in [2.75, 3.05) is 17.2 Å². The molecule has 2 N–H and O–H groups in total. The van der Waals surface area contributed by atoms with Gasteiger partial charge in [-0.25, -0.2) is 9.78 Å². The zero-order valence-corrected chi connectivity index (χ0v) is 14.6. The van der Waals surface area contributed by atoms with Crippen LogP contribution in [0.25, 0.3) is 0 Å². The van der Waals surface area contributed by atoms with Crippen molar-refractivity contribution in [2.24, 2.45) is 0 Å². The van der Waals surface area contributed by atoms with E-state index in [0.717, 1.165) is 35.5 Å². The number of thiazole rings is 1. The van der Waals surface area contributed by atoms with E-state index in [1.807, 2.05) is 36.1 Å². The summed E-state index contributed by atoms with van der Waals surface area (Å²) in [6, 6.07) is 7.19. The quantitative estimate of drug-likeness (QED) is 0.865. The predicted molar refractivity (Wildman–Crippen MR) is 95.6 cm³/mol. The van der Waals surface area contributed by atoms with Gasteiger partial charge in [0.05, 0.1) is 11.4 Å². The first-order chi connectivity index (χ1) is 11.6. The highest BCUT2D eigenvalue weighted by Crippen LogP contribution is 2.31. The normalized spacial score (nSPS) is 13.1. The van der Waals surface area contributed by atoms with Gasteiger partial charge in [-0.1, -0.05) is 42.9 Å². The third-order valence-corrected chi connectivity index (χ3v) is 4.87. The number of nitrogens with zero attached hydrogens (tertiary/aromatic N) is 2. The average molecular weight is 344 g/mol.